The van der Waals surface area contributed by atoms with Crippen molar-refractivity contribution in [2.45, 2.75) is 68.2 Å². The zero-order valence-corrected chi connectivity index (χ0v) is 19.8. The van der Waals surface area contributed by atoms with Crippen molar-refractivity contribution in [1.82, 2.24) is 9.97 Å². The van der Waals surface area contributed by atoms with Crippen molar-refractivity contribution in [3.63, 3.8) is 0 Å². The Balaban J connectivity index is 1.56. The van der Waals surface area contributed by atoms with Crippen LogP contribution in [0, 0.1) is 22.7 Å². The van der Waals surface area contributed by atoms with Gasteiger partial charge in [0.2, 0.25) is 5.95 Å². The number of benzene rings is 1. The molecule has 1 unspecified atom stereocenters. The number of hydrogen-bond donors (Lipinski definition) is 3. The summed E-state index contributed by atoms with van der Waals surface area (Å²) >= 11 is 0. The normalized spacial score (nSPS) is 22.1. The molecule has 3 aliphatic rings. The van der Waals surface area contributed by atoms with Crippen molar-refractivity contribution >= 4 is 23.4 Å². The van der Waals surface area contributed by atoms with E-state index >= 15 is 0 Å². The van der Waals surface area contributed by atoms with Crippen LogP contribution in [-0.4, -0.2) is 35.0 Å². The number of nitrogens with two attached hydrogens (primary N) is 2. The van der Waals surface area contributed by atoms with Crippen LogP contribution in [0.2, 0.25) is 0 Å². The van der Waals surface area contributed by atoms with E-state index < -0.39 is 16.7 Å². The van der Waals surface area contributed by atoms with Crippen LogP contribution in [0.25, 0.3) is 0 Å². The van der Waals surface area contributed by atoms with Crippen LogP contribution >= 0.6 is 0 Å². The summed E-state index contributed by atoms with van der Waals surface area (Å²) in [6, 6.07) is 11.0. The number of nitrogens with one attached hydrogen (secondary N) is 1. The van der Waals surface area contributed by atoms with Gasteiger partial charge in [0.25, 0.3) is 5.91 Å². The maximum atomic E-state index is 12.2. The molecule has 1 aliphatic heterocycles. The summed E-state index contributed by atoms with van der Waals surface area (Å²) in [4.78, 5) is 23.2. The Kier molecular flexibility index (Phi) is 5.82. The first kappa shape index (κ1) is 23.1. The SMILES string of the molecule is N#CC1(c2cc(Nc3nc(N4CCCC(N)C4)ncc3C(N)=O)cc(C3(C#N)CCC3)c2)CCC1. The summed E-state index contributed by atoms with van der Waals surface area (Å²) in [6.07, 6.45) is 8.54. The van der Waals surface area contributed by atoms with Crippen LogP contribution in [0.4, 0.5) is 17.5 Å². The van der Waals surface area contributed by atoms with Crippen LogP contribution in [0.3, 0.4) is 0 Å². The molecule has 9 nitrogen and oxygen atoms in total. The molecular formula is C26H30N8O. The van der Waals surface area contributed by atoms with Crippen LogP contribution in [0.1, 0.15) is 72.9 Å². The Labute approximate surface area is 205 Å². The molecule has 1 aromatic heterocycles. The molecule has 1 saturated heterocycles. The summed E-state index contributed by atoms with van der Waals surface area (Å²) in [5, 5.41) is 23.2. The average Bonchev–Trinajstić information content (AvgIpc) is 2.78. The number of anilines is 3. The first-order valence-corrected chi connectivity index (χ1v) is 12.3. The fourth-order valence-corrected chi connectivity index (χ4v) is 5.37. The van der Waals surface area contributed by atoms with Crippen LogP contribution in [-0.2, 0) is 10.8 Å². The lowest BCUT2D eigenvalue weighted by molar-refractivity contribution is 0.100. The van der Waals surface area contributed by atoms with Crippen molar-refractivity contribution in [3.8, 4) is 12.1 Å². The number of piperidine rings is 1. The third-order valence-corrected chi connectivity index (χ3v) is 7.93. The lowest BCUT2D eigenvalue weighted by Gasteiger charge is -2.39. The topological polar surface area (TPSA) is 158 Å². The van der Waals surface area contributed by atoms with Crippen molar-refractivity contribution in [2.75, 3.05) is 23.3 Å². The van der Waals surface area contributed by atoms with E-state index in [2.05, 4.69) is 27.4 Å². The molecule has 180 valence electrons. The number of carbonyl (C=O) groups excluding carboxylic acids is 1. The van der Waals surface area contributed by atoms with Gasteiger partial charge in [0.05, 0.1) is 23.0 Å². The Hall–Kier alpha value is -3.69. The quantitative estimate of drug-likeness (QED) is 0.581. The molecule has 1 aromatic carbocycles. The Morgan fingerprint density at radius 3 is 2.17 bits per heavy atom. The van der Waals surface area contributed by atoms with Gasteiger partial charge in [-0.25, -0.2) is 4.98 Å². The lowest BCUT2D eigenvalue weighted by atomic mass is 9.62. The van der Waals surface area contributed by atoms with Crippen molar-refractivity contribution in [3.05, 3.63) is 41.1 Å². The fourth-order valence-electron chi connectivity index (χ4n) is 5.37. The number of aromatic nitrogens is 2. The molecule has 35 heavy (non-hydrogen) atoms. The van der Waals surface area contributed by atoms with Gasteiger partial charge in [0.1, 0.15) is 11.4 Å². The summed E-state index contributed by atoms with van der Waals surface area (Å²) < 4.78 is 0. The van der Waals surface area contributed by atoms with E-state index in [0.717, 1.165) is 69.0 Å². The molecule has 1 atom stereocenters. The molecule has 3 fully saturated rings. The number of amides is 1. The largest absolute Gasteiger partial charge is 0.365 e. The highest BCUT2D eigenvalue weighted by Crippen LogP contribution is 2.48. The van der Waals surface area contributed by atoms with Gasteiger partial charge in [-0.1, -0.05) is 6.07 Å². The summed E-state index contributed by atoms with van der Waals surface area (Å²) in [5.74, 6) is 0.165. The van der Waals surface area contributed by atoms with Gasteiger partial charge in [-0.15, -0.1) is 0 Å². The van der Waals surface area contributed by atoms with E-state index in [1.54, 1.807) is 0 Å². The zero-order chi connectivity index (χ0) is 24.6. The number of rotatable bonds is 6. The van der Waals surface area contributed by atoms with Crippen molar-refractivity contribution < 1.29 is 4.79 Å². The number of hydrogen-bond acceptors (Lipinski definition) is 8. The van der Waals surface area contributed by atoms with E-state index in [-0.39, 0.29) is 11.6 Å². The van der Waals surface area contributed by atoms with Crippen molar-refractivity contribution in [2.24, 2.45) is 11.5 Å². The minimum absolute atomic E-state index is 0.0492. The first-order chi connectivity index (χ1) is 16.9. The predicted octanol–water partition coefficient (Wildman–Crippen LogP) is 3.14. The second-order valence-electron chi connectivity index (χ2n) is 10.2. The minimum Gasteiger partial charge on any atom is -0.365 e. The second kappa shape index (κ2) is 8.83. The molecule has 2 aromatic rings. The molecule has 5 N–H and O–H groups in total. The number of carbonyl (C=O) groups is 1. The lowest BCUT2D eigenvalue weighted by Crippen LogP contribution is -2.43. The third-order valence-electron chi connectivity index (χ3n) is 7.93. The van der Waals surface area contributed by atoms with E-state index in [9.17, 15) is 15.3 Å². The molecule has 0 radical (unpaired) electrons. The maximum absolute atomic E-state index is 12.2. The summed E-state index contributed by atoms with van der Waals surface area (Å²) in [7, 11) is 0. The molecule has 2 aliphatic carbocycles. The molecule has 2 heterocycles. The van der Waals surface area contributed by atoms with E-state index in [1.165, 1.54) is 6.20 Å². The van der Waals surface area contributed by atoms with Gasteiger partial charge < -0.3 is 21.7 Å². The molecule has 0 spiro atoms. The summed E-state index contributed by atoms with van der Waals surface area (Å²) in [6.45, 7) is 1.43. The standard InChI is InChI=1S/C26H30N8O/c27-15-25(5-2-6-25)17-10-18(26(16-28)7-3-8-26)12-20(11-17)32-23-21(22(30)35)13-31-24(33-23)34-9-1-4-19(29)14-34/h10-13,19H,1-9,14,29H2,(H2,30,35)(H,31,32,33). The van der Waals surface area contributed by atoms with Gasteiger partial charge in [0, 0.05) is 31.0 Å². The Bertz CT molecular complexity index is 1180. The maximum Gasteiger partial charge on any atom is 0.254 e. The van der Waals surface area contributed by atoms with Crippen LogP contribution in [0.15, 0.2) is 24.4 Å². The van der Waals surface area contributed by atoms with Gasteiger partial charge in [0.15, 0.2) is 0 Å². The predicted molar refractivity (Wildman–Crippen MR) is 132 cm³/mol. The number of primary amides is 1. The average molecular weight is 471 g/mol. The van der Waals surface area contributed by atoms with Gasteiger partial charge in [-0.05, 0) is 74.6 Å². The van der Waals surface area contributed by atoms with E-state index in [4.69, 9.17) is 11.5 Å². The molecule has 1 amide bonds. The first-order valence-electron chi connectivity index (χ1n) is 12.3. The Morgan fingerprint density at radius 1 is 1.06 bits per heavy atom. The second-order valence-corrected chi connectivity index (χ2v) is 10.2. The van der Waals surface area contributed by atoms with Gasteiger partial charge >= 0.3 is 0 Å². The van der Waals surface area contributed by atoms with E-state index in [1.807, 2.05) is 23.1 Å². The Morgan fingerprint density at radius 2 is 1.69 bits per heavy atom. The smallest absolute Gasteiger partial charge is 0.254 e. The summed E-state index contributed by atoms with van der Waals surface area (Å²) in [5.41, 5.74) is 13.4. The number of nitrogens with zero attached hydrogens (tertiary/aromatic N) is 5. The molecular weight excluding hydrogens is 440 g/mol. The third kappa shape index (κ3) is 4.06. The zero-order valence-electron chi connectivity index (χ0n) is 19.8. The minimum atomic E-state index is -0.634. The highest BCUT2D eigenvalue weighted by molar-refractivity contribution is 5.98. The van der Waals surface area contributed by atoms with Crippen LogP contribution in [0.5, 0.6) is 0 Å². The highest BCUT2D eigenvalue weighted by Gasteiger charge is 2.43. The van der Waals surface area contributed by atoms with Crippen molar-refractivity contribution in [1.29, 1.82) is 10.5 Å². The molecule has 9 heteroatoms. The fraction of sp³-hybridized carbons (Fsp3) is 0.500. The van der Waals surface area contributed by atoms with E-state index in [0.29, 0.717) is 24.0 Å². The highest BCUT2D eigenvalue weighted by atomic mass is 16.1. The molecule has 2 saturated carbocycles. The molecule has 5 rings (SSSR count). The monoisotopic (exact) mass is 470 g/mol. The number of nitriles is 2. The van der Waals surface area contributed by atoms with Gasteiger partial charge in [-0.3, -0.25) is 4.79 Å². The van der Waals surface area contributed by atoms with Gasteiger partial charge in [-0.2, -0.15) is 15.5 Å². The van der Waals surface area contributed by atoms with Crippen LogP contribution < -0.4 is 21.7 Å². The molecule has 0 bridgehead atoms.